The van der Waals surface area contributed by atoms with E-state index in [1.165, 1.54) is 7.11 Å². The van der Waals surface area contributed by atoms with Crippen molar-refractivity contribution in [2.24, 2.45) is 7.05 Å². The Morgan fingerprint density at radius 2 is 2.17 bits per heavy atom. The molecule has 2 heterocycles. The molecule has 0 aliphatic heterocycles. The molecule has 6 nitrogen and oxygen atoms in total. The van der Waals surface area contributed by atoms with Crippen LogP contribution in [0.1, 0.15) is 10.5 Å². The number of carbonyl (C=O) groups is 1. The minimum Gasteiger partial charge on any atom is -0.464 e. The Labute approximate surface area is 135 Å². The van der Waals surface area contributed by atoms with Crippen molar-refractivity contribution in [1.82, 2.24) is 14.8 Å². The molecule has 3 rings (SSSR count). The molecule has 0 aliphatic carbocycles. The number of methoxy groups -OCH3 is 1. The first-order chi connectivity index (χ1) is 10.9. The minimum atomic E-state index is -0.788. The lowest BCUT2D eigenvalue weighted by Gasteiger charge is -2.10. The van der Waals surface area contributed by atoms with Gasteiger partial charge in [0.05, 0.1) is 29.5 Å². The molecule has 3 aromatic rings. The Balaban J connectivity index is 2.26. The molecule has 0 aliphatic rings. The number of fused-ring (bicyclic) bond motifs is 1. The maximum absolute atomic E-state index is 14.5. The van der Waals surface area contributed by atoms with E-state index >= 15 is 0 Å². The fourth-order valence-electron chi connectivity index (χ4n) is 2.28. The van der Waals surface area contributed by atoms with Crippen LogP contribution in [-0.2, 0) is 11.8 Å². The predicted octanol–water partition coefficient (Wildman–Crippen LogP) is 2.80. The van der Waals surface area contributed by atoms with Crippen molar-refractivity contribution in [3.05, 3.63) is 40.9 Å². The Bertz CT molecular complexity index is 939. The molecule has 0 atom stereocenters. The van der Waals surface area contributed by atoms with E-state index in [0.717, 1.165) is 10.9 Å². The van der Waals surface area contributed by atoms with Gasteiger partial charge in [0.2, 0.25) is 0 Å². The van der Waals surface area contributed by atoms with Crippen molar-refractivity contribution in [3.8, 4) is 11.3 Å². The zero-order valence-electron chi connectivity index (χ0n) is 12.3. The van der Waals surface area contributed by atoms with Gasteiger partial charge in [0, 0.05) is 18.0 Å². The highest BCUT2D eigenvalue weighted by atomic mass is 35.5. The van der Waals surface area contributed by atoms with Gasteiger partial charge in [-0.2, -0.15) is 5.10 Å². The van der Waals surface area contributed by atoms with Gasteiger partial charge in [0.25, 0.3) is 0 Å². The summed E-state index contributed by atoms with van der Waals surface area (Å²) in [6, 6.07) is 5.16. The van der Waals surface area contributed by atoms with E-state index in [2.05, 4.69) is 14.8 Å². The predicted molar refractivity (Wildman–Crippen MR) is 84.7 cm³/mol. The topological polar surface area (TPSA) is 83.0 Å². The molecule has 0 unspecified atom stereocenters. The van der Waals surface area contributed by atoms with Crippen molar-refractivity contribution in [1.29, 1.82) is 0 Å². The highest BCUT2D eigenvalue weighted by molar-refractivity contribution is 6.35. The van der Waals surface area contributed by atoms with E-state index in [-0.39, 0.29) is 22.1 Å². The van der Waals surface area contributed by atoms with Gasteiger partial charge in [-0.1, -0.05) is 23.7 Å². The zero-order chi connectivity index (χ0) is 16.7. The minimum absolute atomic E-state index is 0.0737. The van der Waals surface area contributed by atoms with Crippen molar-refractivity contribution in [2.45, 2.75) is 0 Å². The summed E-state index contributed by atoms with van der Waals surface area (Å²) in [4.78, 5) is 15.7. The maximum Gasteiger partial charge on any atom is 0.358 e. The molecule has 2 aromatic heterocycles. The fourth-order valence-corrected chi connectivity index (χ4v) is 2.48. The van der Waals surface area contributed by atoms with Gasteiger partial charge in [0.15, 0.2) is 11.5 Å². The number of hydrogen-bond donors (Lipinski definition) is 1. The van der Waals surface area contributed by atoms with Crippen LogP contribution in [0, 0.1) is 5.82 Å². The van der Waals surface area contributed by atoms with Crippen LogP contribution in [0.5, 0.6) is 0 Å². The van der Waals surface area contributed by atoms with Crippen molar-refractivity contribution >= 4 is 34.2 Å². The van der Waals surface area contributed by atoms with Crippen LogP contribution in [0.3, 0.4) is 0 Å². The van der Waals surface area contributed by atoms with Crippen molar-refractivity contribution in [3.63, 3.8) is 0 Å². The molecule has 0 radical (unpaired) electrons. The Kier molecular flexibility index (Phi) is 3.65. The first-order valence-electron chi connectivity index (χ1n) is 6.59. The van der Waals surface area contributed by atoms with Gasteiger partial charge in [0.1, 0.15) is 5.69 Å². The number of pyridine rings is 1. The second kappa shape index (κ2) is 5.51. The summed E-state index contributed by atoms with van der Waals surface area (Å²) in [7, 11) is 2.95. The first kappa shape index (κ1) is 15.2. The van der Waals surface area contributed by atoms with E-state index in [1.54, 1.807) is 36.1 Å². The highest BCUT2D eigenvalue weighted by Gasteiger charge is 2.23. The number of nitrogens with zero attached hydrogens (tertiary/aromatic N) is 3. The largest absolute Gasteiger partial charge is 0.464 e. The number of anilines is 1. The highest BCUT2D eigenvalue weighted by Crippen LogP contribution is 2.33. The van der Waals surface area contributed by atoms with Crippen LogP contribution in [0.25, 0.3) is 22.2 Å². The number of rotatable bonds is 2. The lowest BCUT2D eigenvalue weighted by molar-refractivity contribution is 0.0594. The molecule has 23 heavy (non-hydrogen) atoms. The lowest BCUT2D eigenvalue weighted by Crippen LogP contribution is -2.10. The number of hydrogen-bond acceptors (Lipinski definition) is 5. The SMILES string of the molecule is COC(=O)c1nc(-c2ccc3cnn(C)c3c2)c(F)c(N)c1Cl. The summed E-state index contributed by atoms with van der Waals surface area (Å²) < 4.78 is 20.7. The Morgan fingerprint density at radius 1 is 1.43 bits per heavy atom. The first-order valence-corrected chi connectivity index (χ1v) is 6.96. The summed E-state index contributed by atoms with van der Waals surface area (Å²) in [5, 5.41) is 4.76. The van der Waals surface area contributed by atoms with Crippen LogP contribution >= 0.6 is 11.6 Å². The number of halogens is 2. The van der Waals surface area contributed by atoms with Crippen LogP contribution in [-0.4, -0.2) is 27.8 Å². The summed E-state index contributed by atoms with van der Waals surface area (Å²) in [6.07, 6.45) is 1.69. The summed E-state index contributed by atoms with van der Waals surface area (Å²) in [5.74, 6) is -1.58. The van der Waals surface area contributed by atoms with Crippen LogP contribution in [0.4, 0.5) is 10.1 Å². The molecule has 0 spiro atoms. The van der Waals surface area contributed by atoms with Gasteiger partial charge in [-0.25, -0.2) is 14.2 Å². The second-order valence-corrected chi connectivity index (χ2v) is 5.26. The van der Waals surface area contributed by atoms with E-state index in [4.69, 9.17) is 17.3 Å². The molecule has 0 saturated carbocycles. The summed E-state index contributed by atoms with van der Waals surface area (Å²) >= 11 is 5.89. The van der Waals surface area contributed by atoms with Gasteiger partial charge in [-0.15, -0.1) is 0 Å². The van der Waals surface area contributed by atoms with Gasteiger partial charge in [-0.3, -0.25) is 4.68 Å². The summed E-state index contributed by atoms with van der Waals surface area (Å²) in [6.45, 7) is 0. The van der Waals surface area contributed by atoms with Crippen LogP contribution in [0.2, 0.25) is 5.02 Å². The van der Waals surface area contributed by atoms with E-state index in [1.807, 2.05) is 0 Å². The van der Waals surface area contributed by atoms with Crippen molar-refractivity contribution < 1.29 is 13.9 Å². The van der Waals surface area contributed by atoms with Gasteiger partial charge < -0.3 is 10.5 Å². The van der Waals surface area contributed by atoms with Crippen molar-refractivity contribution in [2.75, 3.05) is 12.8 Å². The monoisotopic (exact) mass is 334 g/mol. The molecule has 0 amide bonds. The number of ether oxygens (including phenoxy) is 1. The molecule has 1 aromatic carbocycles. The molecule has 0 bridgehead atoms. The van der Waals surface area contributed by atoms with E-state index in [9.17, 15) is 9.18 Å². The Hall–Kier alpha value is -2.67. The number of aromatic nitrogens is 3. The maximum atomic E-state index is 14.5. The number of benzene rings is 1. The molecule has 0 fully saturated rings. The third-order valence-electron chi connectivity index (χ3n) is 3.51. The van der Waals surface area contributed by atoms with Crippen LogP contribution in [0.15, 0.2) is 24.4 Å². The third kappa shape index (κ3) is 2.39. The number of nitrogens with two attached hydrogens (primary N) is 1. The molecular weight excluding hydrogens is 323 g/mol. The lowest BCUT2D eigenvalue weighted by atomic mass is 10.1. The quantitative estimate of drug-likeness (QED) is 0.729. The zero-order valence-corrected chi connectivity index (χ0v) is 13.1. The molecule has 0 saturated heterocycles. The standard InChI is InChI=1S/C15H12ClFN4O2/c1-21-9-5-7(3-4-8(9)6-19-21)13-11(17)12(18)10(16)14(20-13)15(22)23-2/h3-6H,1-2H3,(H2,18,20). The average molecular weight is 335 g/mol. The van der Waals surface area contributed by atoms with E-state index in [0.29, 0.717) is 5.56 Å². The molecule has 118 valence electrons. The number of esters is 1. The number of aryl methyl sites for hydroxylation is 1. The molecule has 8 heteroatoms. The molecular formula is C15H12ClFN4O2. The number of nitrogen functional groups attached to an aromatic ring is 1. The molecule has 2 N–H and O–H groups in total. The summed E-state index contributed by atoms with van der Waals surface area (Å²) in [5.41, 5.74) is 6.26. The fraction of sp³-hybridized carbons (Fsp3) is 0.133. The Morgan fingerprint density at radius 3 is 2.87 bits per heavy atom. The van der Waals surface area contributed by atoms with E-state index < -0.39 is 11.8 Å². The average Bonchev–Trinajstić information content (AvgIpc) is 2.93. The second-order valence-electron chi connectivity index (χ2n) is 4.88. The van der Waals surface area contributed by atoms with Gasteiger partial charge >= 0.3 is 5.97 Å². The van der Waals surface area contributed by atoms with Gasteiger partial charge in [-0.05, 0) is 6.07 Å². The van der Waals surface area contributed by atoms with Crippen LogP contribution < -0.4 is 5.73 Å². The number of carbonyl (C=O) groups excluding carboxylic acids is 1. The third-order valence-corrected chi connectivity index (χ3v) is 3.90. The normalized spacial score (nSPS) is 11.0. The smallest absolute Gasteiger partial charge is 0.358 e.